The molecular formula is C12H10N2O3. The number of carbonyl (C=O) groups is 1. The van der Waals surface area contributed by atoms with Gasteiger partial charge in [0.25, 0.3) is 5.56 Å². The van der Waals surface area contributed by atoms with Crippen LogP contribution in [0.5, 0.6) is 0 Å². The molecule has 0 amide bonds. The molecule has 2 rings (SSSR count). The van der Waals surface area contributed by atoms with Crippen LogP contribution in [-0.2, 0) is 11.3 Å². The monoisotopic (exact) mass is 230 g/mol. The molecule has 0 aliphatic rings. The molecule has 5 nitrogen and oxygen atoms in total. The minimum absolute atomic E-state index is 0.402. The fraction of sp³-hybridized carbons (Fsp3) is 0.0833. The topological polar surface area (TPSA) is 72.2 Å². The third-order valence-electron chi connectivity index (χ3n) is 2.40. The van der Waals surface area contributed by atoms with E-state index in [1.54, 1.807) is 24.3 Å². The van der Waals surface area contributed by atoms with E-state index in [1.807, 2.05) is 0 Å². The summed E-state index contributed by atoms with van der Waals surface area (Å²) in [5.74, 6) is -1.10. The second kappa shape index (κ2) is 4.21. The van der Waals surface area contributed by atoms with Gasteiger partial charge in [0.1, 0.15) is 6.54 Å². The molecule has 0 saturated heterocycles. The molecule has 2 aromatic rings. The maximum absolute atomic E-state index is 11.9. The third kappa shape index (κ3) is 2.08. The lowest BCUT2D eigenvalue weighted by molar-refractivity contribution is -0.137. The van der Waals surface area contributed by atoms with E-state index in [-0.39, 0.29) is 0 Å². The lowest BCUT2D eigenvalue weighted by atomic mass is 10.1. The Kier molecular flexibility index (Phi) is 2.74. The van der Waals surface area contributed by atoms with E-state index < -0.39 is 18.1 Å². The molecule has 5 heteroatoms. The first-order valence-electron chi connectivity index (χ1n) is 4.96. The van der Waals surface area contributed by atoms with E-state index in [0.717, 1.165) is 10.2 Å². The van der Waals surface area contributed by atoms with E-state index in [0.29, 0.717) is 10.8 Å². The zero-order valence-electron chi connectivity index (χ0n) is 8.96. The fourth-order valence-electron chi connectivity index (χ4n) is 1.57. The first-order chi connectivity index (χ1) is 8.11. The lowest BCUT2D eigenvalue weighted by Crippen LogP contribution is -2.26. The molecule has 17 heavy (non-hydrogen) atoms. The number of aromatic nitrogens is 2. The molecule has 1 heterocycles. The molecule has 0 saturated carbocycles. The number of aliphatic carboxylic acids is 1. The van der Waals surface area contributed by atoms with E-state index in [1.165, 1.54) is 6.20 Å². The number of hydrogen-bond acceptors (Lipinski definition) is 3. The van der Waals surface area contributed by atoms with Crippen LogP contribution in [0, 0.1) is 0 Å². The van der Waals surface area contributed by atoms with Crippen LogP contribution < -0.4 is 5.56 Å². The van der Waals surface area contributed by atoms with E-state index in [9.17, 15) is 9.59 Å². The number of rotatable bonds is 3. The van der Waals surface area contributed by atoms with Gasteiger partial charge in [-0.15, -0.1) is 0 Å². The van der Waals surface area contributed by atoms with Gasteiger partial charge in [-0.1, -0.05) is 18.7 Å². The molecule has 0 unspecified atom stereocenters. The zero-order chi connectivity index (χ0) is 12.4. The van der Waals surface area contributed by atoms with E-state index in [2.05, 4.69) is 11.7 Å². The van der Waals surface area contributed by atoms with Gasteiger partial charge in [-0.25, -0.2) is 4.68 Å². The number of carboxylic acid groups (broad SMARTS) is 1. The number of hydrogen-bond donors (Lipinski definition) is 1. The Balaban J connectivity index is 2.64. The van der Waals surface area contributed by atoms with Crippen molar-refractivity contribution in [1.82, 2.24) is 9.78 Å². The van der Waals surface area contributed by atoms with Crippen molar-refractivity contribution in [3.05, 3.63) is 46.9 Å². The first kappa shape index (κ1) is 11.1. The maximum Gasteiger partial charge on any atom is 0.325 e. The van der Waals surface area contributed by atoms with Crippen LogP contribution in [0.1, 0.15) is 5.56 Å². The highest BCUT2D eigenvalue weighted by Gasteiger charge is 2.07. The highest BCUT2D eigenvalue weighted by molar-refractivity contribution is 5.83. The van der Waals surface area contributed by atoms with Crippen LogP contribution >= 0.6 is 0 Å². The van der Waals surface area contributed by atoms with Crippen LogP contribution in [0.4, 0.5) is 0 Å². The molecule has 1 N–H and O–H groups in total. The Morgan fingerprint density at radius 1 is 1.53 bits per heavy atom. The van der Waals surface area contributed by atoms with Crippen LogP contribution in [0.15, 0.2) is 35.8 Å². The number of carboxylic acids is 1. The minimum Gasteiger partial charge on any atom is -0.480 e. The van der Waals surface area contributed by atoms with Gasteiger partial charge in [-0.2, -0.15) is 5.10 Å². The van der Waals surface area contributed by atoms with Gasteiger partial charge < -0.3 is 5.11 Å². The maximum atomic E-state index is 11.9. The average molecular weight is 230 g/mol. The molecule has 0 radical (unpaired) electrons. The van der Waals surface area contributed by atoms with Gasteiger partial charge in [0, 0.05) is 5.39 Å². The molecule has 1 aromatic heterocycles. The molecule has 0 bridgehead atoms. The lowest BCUT2D eigenvalue weighted by Gasteiger charge is -2.03. The van der Waals surface area contributed by atoms with E-state index >= 15 is 0 Å². The fourth-order valence-corrected chi connectivity index (χ4v) is 1.57. The van der Waals surface area contributed by atoms with Gasteiger partial charge in [0.2, 0.25) is 0 Å². The van der Waals surface area contributed by atoms with Gasteiger partial charge in [0.05, 0.1) is 11.6 Å². The van der Waals surface area contributed by atoms with Gasteiger partial charge >= 0.3 is 5.97 Å². The molecule has 0 atom stereocenters. The third-order valence-corrected chi connectivity index (χ3v) is 2.40. The van der Waals surface area contributed by atoms with Crippen molar-refractivity contribution in [3.8, 4) is 0 Å². The summed E-state index contributed by atoms with van der Waals surface area (Å²) in [6.07, 6.45) is 3.15. The van der Waals surface area contributed by atoms with Crippen LogP contribution in [0.2, 0.25) is 0 Å². The molecule has 0 aliphatic carbocycles. The summed E-state index contributed by atoms with van der Waals surface area (Å²) in [5, 5.41) is 13.6. The molecule has 86 valence electrons. The summed E-state index contributed by atoms with van der Waals surface area (Å²) in [4.78, 5) is 22.4. The Morgan fingerprint density at radius 3 is 2.94 bits per heavy atom. The van der Waals surface area contributed by atoms with Crippen LogP contribution in [0.25, 0.3) is 16.8 Å². The number of benzene rings is 1. The molecule has 0 spiro atoms. The van der Waals surface area contributed by atoms with Crippen molar-refractivity contribution >= 4 is 22.8 Å². The number of fused-ring (bicyclic) bond motifs is 1. The van der Waals surface area contributed by atoms with Gasteiger partial charge in [-0.05, 0) is 17.7 Å². The summed E-state index contributed by atoms with van der Waals surface area (Å²) in [6.45, 7) is 3.20. The van der Waals surface area contributed by atoms with Crippen molar-refractivity contribution in [1.29, 1.82) is 0 Å². The summed E-state index contributed by atoms with van der Waals surface area (Å²) in [6, 6.07) is 5.18. The van der Waals surface area contributed by atoms with Gasteiger partial charge in [0.15, 0.2) is 0 Å². The van der Waals surface area contributed by atoms with Crippen molar-refractivity contribution in [2.45, 2.75) is 6.54 Å². The molecule has 0 fully saturated rings. The van der Waals surface area contributed by atoms with Crippen LogP contribution in [-0.4, -0.2) is 20.9 Å². The Bertz CT molecular complexity index is 658. The predicted molar refractivity (Wildman–Crippen MR) is 63.7 cm³/mol. The van der Waals surface area contributed by atoms with E-state index in [4.69, 9.17) is 5.11 Å². The first-order valence-corrected chi connectivity index (χ1v) is 4.96. The molecule has 1 aromatic carbocycles. The highest BCUT2D eigenvalue weighted by atomic mass is 16.4. The van der Waals surface area contributed by atoms with Crippen molar-refractivity contribution in [3.63, 3.8) is 0 Å². The quantitative estimate of drug-likeness (QED) is 0.857. The zero-order valence-corrected chi connectivity index (χ0v) is 8.96. The van der Waals surface area contributed by atoms with Crippen molar-refractivity contribution < 1.29 is 9.90 Å². The standard InChI is InChI=1S/C12H10N2O3/c1-2-8-3-4-10-9(5-8)6-13-14(12(10)17)7-11(15)16/h2-6H,1,7H2,(H,15,16). The summed E-state index contributed by atoms with van der Waals surface area (Å²) in [7, 11) is 0. The summed E-state index contributed by atoms with van der Waals surface area (Å²) < 4.78 is 0.929. The normalized spacial score (nSPS) is 10.4. The SMILES string of the molecule is C=Cc1ccc2c(=O)n(CC(=O)O)ncc2c1. The van der Waals surface area contributed by atoms with Gasteiger partial charge in [-0.3, -0.25) is 9.59 Å². The Labute approximate surface area is 96.6 Å². The highest BCUT2D eigenvalue weighted by Crippen LogP contribution is 2.12. The minimum atomic E-state index is -1.10. The van der Waals surface area contributed by atoms with Crippen LogP contribution in [0.3, 0.4) is 0 Å². The molecular weight excluding hydrogens is 220 g/mol. The Morgan fingerprint density at radius 2 is 2.29 bits per heavy atom. The summed E-state index contributed by atoms with van der Waals surface area (Å²) in [5.41, 5.74) is 0.482. The average Bonchev–Trinajstić information content (AvgIpc) is 2.32. The summed E-state index contributed by atoms with van der Waals surface area (Å²) >= 11 is 0. The number of nitrogens with zero attached hydrogens (tertiary/aromatic N) is 2. The second-order valence-electron chi connectivity index (χ2n) is 3.55. The van der Waals surface area contributed by atoms with Crippen molar-refractivity contribution in [2.75, 3.05) is 0 Å². The largest absolute Gasteiger partial charge is 0.480 e. The second-order valence-corrected chi connectivity index (χ2v) is 3.55. The molecule has 0 aliphatic heterocycles. The smallest absolute Gasteiger partial charge is 0.325 e. The predicted octanol–water partition coefficient (Wildman–Crippen LogP) is 1.12. The Hall–Kier alpha value is -2.43. The van der Waals surface area contributed by atoms with Crippen molar-refractivity contribution in [2.24, 2.45) is 0 Å².